The minimum absolute atomic E-state index is 0.0571. The summed E-state index contributed by atoms with van der Waals surface area (Å²) in [6.07, 6.45) is 2.96. The van der Waals surface area contributed by atoms with Crippen molar-refractivity contribution in [3.63, 3.8) is 0 Å². The maximum Gasteiger partial charge on any atom is 0.231 e. The van der Waals surface area contributed by atoms with Gasteiger partial charge in [0.2, 0.25) is 17.6 Å². The van der Waals surface area contributed by atoms with Gasteiger partial charge in [0.05, 0.1) is 18.2 Å². The fourth-order valence-corrected chi connectivity index (χ4v) is 3.29. The van der Waals surface area contributed by atoms with Gasteiger partial charge in [0, 0.05) is 24.7 Å². The van der Waals surface area contributed by atoms with Gasteiger partial charge in [-0.25, -0.2) is 0 Å². The second kappa shape index (κ2) is 7.07. The first-order valence-electron chi connectivity index (χ1n) is 8.78. The first-order valence-corrected chi connectivity index (χ1v) is 8.78. The highest BCUT2D eigenvalue weighted by molar-refractivity contribution is 5.77. The molecule has 0 N–H and O–H groups in total. The number of carbonyl (C=O) groups is 1. The number of hydrogen-bond acceptors (Lipinski definition) is 5. The van der Waals surface area contributed by atoms with Crippen LogP contribution in [0.15, 0.2) is 53.2 Å². The van der Waals surface area contributed by atoms with Crippen LogP contribution in [0.1, 0.15) is 35.9 Å². The van der Waals surface area contributed by atoms with Gasteiger partial charge in [-0.3, -0.25) is 9.78 Å². The number of nitrogens with zero attached hydrogens (tertiary/aromatic N) is 4. The summed E-state index contributed by atoms with van der Waals surface area (Å²) in [6, 6.07) is 13.7. The van der Waals surface area contributed by atoms with Crippen LogP contribution in [0.25, 0.3) is 11.4 Å². The molecule has 3 heterocycles. The fourth-order valence-electron chi connectivity index (χ4n) is 3.29. The van der Waals surface area contributed by atoms with Crippen molar-refractivity contribution < 1.29 is 9.32 Å². The monoisotopic (exact) mass is 348 g/mol. The van der Waals surface area contributed by atoms with Crippen LogP contribution >= 0.6 is 0 Å². The van der Waals surface area contributed by atoms with E-state index in [1.807, 2.05) is 54.3 Å². The van der Waals surface area contributed by atoms with Crippen molar-refractivity contribution in [3.8, 4) is 11.4 Å². The summed E-state index contributed by atoms with van der Waals surface area (Å²) in [5.41, 5.74) is 2.96. The predicted octanol–water partition coefficient (Wildman–Crippen LogP) is 3.35. The molecule has 0 aliphatic carbocycles. The summed E-state index contributed by atoms with van der Waals surface area (Å²) in [6.45, 7) is 3.11. The van der Waals surface area contributed by atoms with E-state index in [2.05, 4.69) is 15.1 Å². The number of aryl methyl sites for hydroxylation is 1. The molecular formula is C20H20N4O2. The number of pyridine rings is 1. The number of likely N-dealkylation sites (tertiary alicyclic amines) is 1. The molecule has 132 valence electrons. The van der Waals surface area contributed by atoms with E-state index in [1.165, 1.54) is 0 Å². The van der Waals surface area contributed by atoms with Crippen molar-refractivity contribution in [2.75, 3.05) is 6.54 Å². The van der Waals surface area contributed by atoms with Gasteiger partial charge in [0.15, 0.2) is 0 Å². The van der Waals surface area contributed by atoms with Gasteiger partial charge in [0.1, 0.15) is 0 Å². The minimum atomic E-state index is 0.0571. The lowest BCUT2D eigenvalue weighted by Crippen LogP contribution is -2.38. The summed E-state index contributed by atoms with van der Waals surface area (Å²) >= 11 is 0. The van der Waals surface area contributed by atoms with Gasteiger partial charge >= 0.3 is 0 Å². The number of aromatic nitrogens is 3. The lowest BCUT2D eigenvalue weighted by molar-refractivity contribution is -0.134. The van der Waals surface area contributed by atoms with Gasteiger partial charge in [-0.05, 0) is 31.0 Å². The Bertz CT molecular complexity index is 907. The SMILES string of the molecule is Cc1ccccc1-c1noc(C2CCC(=O)N(Cc3ccccn3)C2)n1. The van der Waals surface area contributed by atoms with E-state index in [1.54, 1.807) is 6.20 Å². The molecule has 1 saturated heterocycles. The highest BCUT2D eigenvalue weighted by Gasteiger charge is 2.30. The Kier molecular flexibility index (Phi) is 4.48. The molecule has 1 amide bonds. The Morgan fingerprint density at radius 3 is 2.85 bits per heavy atom. The van der Waals surface area contributed by atoms with Crippen LogP contribution in [0.2, 0.25) is 0 Å². The normalized spacial score (nSPS) is 17.5. The van der Waals surface area contributed by atoms with Crippen molar-refractivity contribution in [3.05, 3.63) is 65.8 Å². The van der Waals surface area contributed by atoms with Crippen molar-refractivity contribution in [1.82, 2.24) is 20.0 Å². The second-order valence-electron chi connectivity index (χ2n) is 6.60. The Morgan fingerprint density at radius 2 is 2.04 bits per heavy atom. The lowest BCUT2D eigenvalue weighted by Gasteiger charge is -2.30. The standard InChI is InChI=1S/C20H20N4O2/c1-14-6-2-3-8-17(14)19-22-20(26-23-19)15-9-10-18(25)24(12-15)13-16-7-4-5-11-21-16/h2-8,11,15H,9-10,12-13H2,1H3. The Hall–Kier alpha value is -3.02. The van der Waals surface area contributed by atoms with Crippen LogP contribution < -0.4 is 0 Å². The van der Waals surface area contributed by atoms with E-state index < -0.39 is 0 Å². The van der Waals surface area contributed by atoms with E-state index >= 15 is 0 Å². The molecule has 3 aromatic rings. The summed E-state index contributed by atoms with van der Waals surface area (Å²) in [5.74, 6) is 1.40. The van der Waals surface area contributed by atoms with Gasteiger partial charge in [-0.1, -0.05) is 35.5 Å². The van der Waals surface area contributed by atoms with Gasteiger partial charge in [-0.2, -0.15) is 4.98 Å². The molecule has 1 fully saturated rings. The van der Waals surface area contributed by atoms with Gasteiger partial charge in [-0.15, -0.1) is 0 Å². The summed E-state index contributed by atoms with van der Waals surface area (Å²) < 4.78 is 5.53. The first kappa shape index (κ1) is 16.4. The van der Waals surface area contributed by atoms with Gasteiger partial charge < -0.3 is 9.42 Å². The molecule has 2 aromatic heterocycles. The zero-order valence-electron chi connectivity index (χ0n) is 14.6. The number of piperidine rings is 1. The van der Waals surface area contributed by atoms with E-state index in [-0.39, 0.29) is 11.8 Å². The molecule has 1 aliphatic heterocycles. The van der Waals surface area contributed by atoms with Crippen molar-refractivity contribution in [1.29, 1.82) is 0 Å². The molecule has 0 spiro atoms. The van der Waals surface area contributed by atoms with Crippen LogP contribution in [-0.4, -0.2) is 32.5 Å². The molecule has 6 heteroatoms. The summed E-state index contributed by atoms with van der Waals surface area (Å²) in [5, 5.41) is 4.15. The molecule has 26 heavy (non-hydrogen) atoms. The van der Waals surface area contributed by atoms with Crippen LogP contribution in [-0.2, 0) is 11.3 Å². The maximum absolute atomic E-state index is 12.3. The van der Waals surface area contributed by atoms with E-state index in [0.717, 1.165) is 23.2 Å². The first-order chi connectivity index (χ1) is 12.7. The van der Waals surface area contributed by atoms with E-state index in [9.17, 15) is 4.79 Å². The van der Waals surface area contributed by atoms with Crippen LogP contribution in [0.3, 0.4) is 0 Å². The largest absolute Gasteiger partial charge is 0.339 e. The Balaban J connectivity index is 1.51. The molecule has 4 rings (SSSR count). The summed E-state index contributed by atoms with van der Waals surface area (Å²) in [7, 11) is 0. The molecule has 0 saturated carbocycles. The maximum atomic E-state index is 12.3. The third-order valence-corrected chi connectivity index (χ3v) is 4.76. The number of hydrogen-bond donors (Lipinski definition) is 0. The molecule has 1 atom stereocenters. The molecule has 0 bridgehead atoms. The molecular weight excluding hydrogens is 328 g/mol. The Labute approximate surface area is 151 Å². The highest BCUT2D eigenvalue weighted by Crippen LogP contribution is 2.29. The van der Waals surface area contributed by atoms with Gasteiger partial charge in [0.25, 0.3) is 0 Å². The second-order valence-corrected chi connectivity index (χ2v) is 6.60. The third-order valence-electron chi connectivity index (χ3n) is 4.76. The third kappa shape index (κ3) is 3.35. The summed E-state index contributed by atoms with van der Waals surface area (Å²) in [4.78, 5) is 23.0. The number of amides is 1. The van der Waals surface area contributed by atoms with Crippen LogP contribution in [0.5, 0.6) is 0 Å². The van der Waals surface area contributed by atoms with Crippen molar-refractivity contribution >= 4 is 5.91 Å². The van der Waals surface area contributed by atoms with Crippen LogP contribution in [0.4, 0.5) is 0 Å². The quantitative estimate of drug-likeness (QED) is 0.723. The number of carbonyl (C=O) groups excluding carboxylic acids is 1. The van der Waals surface area contributed by atoms with Crippen LogP contribution in [0, 0.1) is 6.92 Å². The minimum Gasteiger partial charge on any atom is -0.339 e. The predicted molar refractivity (Wildman–Crippen MR) is 96.1 cm³/mol. The highest BCUT2D eigenvalue weighted by atomic mass is 16.5. The average molecular weight is 348 g/mol. The topological polar surface area (TPSA) is 72.1 Å². The molecule has 1 unspecified atom stereocenters. The fraction of sp³-hybridized carbons (Fsp3) is 0.300. The lowest BCUT2D eigenvalue weighted by atomic mass is 9.97. The molecule has 1 aliphatic rings. The molecule has 6 nitrogen and oxygen atoms in total. The average Bonchev–Trinajstić information content (AvgIpc) is 3.15. The number of benzene rings is 1. The smallest absolute Gasteiger partial charge is 0.231 e. The van der Waals surface area contributed by atoms with E-state index in [0.29, 0.717) is 31.2 Å². The number of rotatable bonds is 4. The molecule has 0 radical (unpaired) electrons. The van der Waals surface area contributed by atoms with Crippen molar-refractivity contribution in [2.45, 2.75) is 32.2 Å². The zero-order chi connectivity index (χ0) is 17.9. The molecule has 1 aromatic carbocycles. The zero-order valence-corrected chi connectivity index (χ0v) is 14.6. The Morgan fingerprint density at radius 1 is 1.19 bits per heavy atom. The van der Waals surface area contributed by atoms with E-state index in [4.69, 9.17) is 4.52 Å². The van der Waals surface area contributed by atoms with Crippen molar-refractivity contribution in [2.24, 2.45) is 0 Å².